The van der Waals surface area contributed by atoms with Crippen molar-refractivity contribution in [1.29, 1.82) is 0 Å². The molecule has 1 unspecified atom stereocenters. The van der Waals surface area contributed by atoms with Gasteiger partial charge in [0.05, 0.1) is 24.5 Å². The van der Waals surface area contributed by atoms with Crippen LogP contribution in [0.15, 0.2) is 67.0 Å². The second-order valence-corrected chi connectivity index (χ2v) is 7.24. The number of nitrogens with one attached hydrogen (secondary N) is 2. The van der Waals surface area contributed by atoms with Crippen molar-refractivity contribution in [2.75, 3.05) is 11.9 Å². The fourth-order valence-corrected chi connectivity index (χ4v) is 3.76. The summed E-state index contributed by atoms with van der Waals surface area (Å²) in [4.78, 5) is 36.1. The van der Waals surface area contributed by atoms with Gasteiger partial charge in [-0.3, -0.25) is 9.59 Å². The summed E-state index contributed by atoms with van der Waals surface area (Å²) in [6.07, 6.45) is 1.21. The highest BCUT2D eigenvalue weighted by Gasteiger charge is 2.30. The molecule has 0 fully saturated rings. The van der Waals surface area contributed by atoms with Gasteiger partial charge in [0, 0.05) is 5.92 Å². The highest BCUT2D eigenvalue weighted by atomic mass is 16.5. The Kier molecular flexibility index (Phi) is 6.07. The van der Waals surface area contributed by atoms with E-state index in [2.05, 4.69) is 20.8 Å². The zero-order chi connectivity index (χ0) is 22.5. The first-order chi connectivity index (χ1) is 15.5. The zero-order valence-electron chi connectivity index (χ0n) is 16.9. The number of rotatable bonds is 7. The number of aliphatic carboxylic acids is 1. The molecule has 9 heteroatoms. The first-order valence-electron chi connectivity index (χ1n) is 9.94. The number of nitrogens with zero attached hydrogens (tertiary/aromatic N) is 2. The fraction of sp³-hybridized carbons (Fsp3) is 0.174. The van der Waals surface area contributed by atoms with E-state index in [0.29, 0.717) is 5.69 Å². The van der Waals surface area contributed by atoms with E-state index in [0.717, 1.165) is 22.3 Å². The Morgan fingerprint density at radius 2 is 1.62 bits per heavy atom. The van der Waals surface area contributed by atoms with E-state index in [9.17, 15) is 14.4 Å². The third-order valence-corrected chi connectivity index (χ3v) is 5.18. The number of benzene rings is 2. The number of carboxylic acid groups (broad SMARTS) is 1. The van der Waals surface area contributed by atoms with Crippen LogP contribution in [0.1, 0.15) is 23.5 Å². The summed E-state index contributed by atoms with van der Waals surface area (Å²) in [6, 6.07) is 16.0. The number of carbonyl (C=O) groups is 3. The summed E-state index contributed by atoms with van der Waals surface area (Å²) >= 11 is 0. The monoisotopic (exact) mass is 432 g/mol. The van der Waals surface area contributed by atoms with E-state index in [1.165, 1.54) is 18.5 Å². The van der Waals surface area contributed by atoms with Gasteiger partial charge in [-0.05, 0) is 28.3 Å². The third kappa shape index (κ3) is 4.56. The summed E-state index contributed by atoms with van der Waals surface area (Å²) in [5.41, 5.74) is 4.60. The molecule has 0 spiro atoms. The summed E-state index contributed by atoms with van der Waals surface area (Å²) in [6.45, 7) is 0.0511. The van der Waals surface area contributed by atoms with E-state index in [1.807, 2.05) is 48.5 Å². The SMILES string of the molecule is O=C(O)CC(NC(=O)OCC1c2ccccc2-c2ccccc21)C(=O)Nc1ccnnc1. The van der Waals surface area contributed by atoms with E-state index in [1.54, 1.807) is 0 Å². The van der Waals surface area contributed by atoms with Gasteiger partial charge in [0.2, 0.25) is 5.91 Å². The van der Waals surface area contributed by atoms with Crippen molar-refractivity contribution in [2.45, 2.75) is 18.4 Å². The summed E-state index contributed by atoms with van der Waals surface area (Å²) < 4.78 is 5.41. The Morgan fingerprint density at radius 1 is 0.969 bits per heavy atom. The number of anilines is 1. The Labute approximate surface area is 183 Å². The lowest BCUT2D eigenvalue weighted by Gasteiger charge is -2.18. The number of aromatic nitrogens is 2. The maximum absolute atomic E-state index is 12.5. The van der Waals surface area contributed by atoms with Crippen LogP contribution in [-0.4, -0.2) is 45.9 Å². The molecule has 1 aliphatic rings. The molecular weight excluding hydrogens is 412 g/mol. The first-order valence-corrected chi connectivity index (χ1v) is 9.94. The highest BCUT2D eigenvalue weighted by Crippen LogP contribution is 2.44. The smallest absolute Gasteiger partial charge is 0.407 e. The first kappa shape index (κ1) is 21.0. The van der Waals surface area contributed by atoms with Gasteiger partial charge in [-0.15, -0.1) is 0 Å². The van der Waals surface area contributed by atoms with E-state index in [4.69, 9.17) is 9.84 Å². The van der Waals surface area contributed by atoms with Crippen LogP contribution in [-0.2, 0) is 14.3 Å². The zero-order valence-corrected chi connectivity index (χ0v) is 16.9. The van der Waals surface area contributed by atoms with Gasteiger partial charge in [-0.25, -0.2) is 4.79 Å². The number of hydrogen-bond donors (Lipinski definition) is 3. The van der Waals surface area contributed by atoms with Gasteiger partial charge >= 0.3 is 12.1 Å². The number of hydrogen-bond acceptors (Lipinski definition) is 6. The van der Waals surface area contributed by atoms with Crippen LogP contribution in [0.25, 0.3) is 11.1 Å². The molecule has 0 saturated heterocycles. The standard InChI is InChI=1S/C23H20N4O5/c28-21(29)11-20(22(30)26-14-9-10-24-25-12-14)27-23(31)32-13-19-17-7-3-1-5-15(17)16-6-2-4-8-18(16)19/h1-10,12,19-20H,11,13H2,(H,27,31)(H,28,29)(H,24,26,30). The molecule has 3 N–H and O–H groups in total. The number of fused-ring (bicyclic) bond motifs is 3. The highest BCUT2D eigenvalue weighted by molar-refractivity contribution is 5.98. The maximum Gasteiger partial charge on any atom is 0.407 e. The second-order valence-electron chi connectivity index (χ2n) is 7.24. The van der Waals surface area contributed by atoms with E-state index in [-0.39, 0.29) is 12.5 Å². The maximum atomic E-state index is 12.5. The summed E-state index contributed by atoms with van der Waals surface area (Å²) in [5, 5.41) is 21.2. The molecule has 162 valence electrons. The van der Waals surface area contributed by atoms with Crippen LogP contribution in [0, 0.1) is 0 Å². The Hall–Kier alpha value is -4.27. The summed E-state index contributed by atoms with van der Waals surface area (Å²) in [7, 11) is 0. The average molecular weight is 432 g/mol. The van der Waals surface area contributed by atoms with Crippen molar-refractivity contribution in [1.82, 2.24) is 15.5 Å². The molecular formula is C23H20N4O5. The largest absolute Gasteiger partial charge is 0.481 e. The van der Waals surface area contributed by atoms with Gasteiger partial charge < -0.3 is 20.5 Å². The third-order valence-electron chi connectivity index (χ3n) is 5.18. The second kappa shape index (κ2) is 9.25. The van der Waals surface area contributed by atoms with Crippen molar-refractivity contribution < 1.29 is 24.2 Å². The minimum absolute atomic E-state index is 0.0511. The lowest BCUT2D eigenvalue weighted by molar-refractivity contribution is -0.139. The molecule has 2 aromatic carbocycles. The van der Waals surface area contributed by atoms with Crippen molar-refractivity contribution in [3.63, 3.8) is 0 Å². The number of ether oxygens (including phenoxy) is 1. The molecule has 1 aromatic heterocycles. The van der Waals surface area contributed by atoms with Crippen LogP contribution in [0.3, 0.4) is 0 Å². The van der Waals surface area contributed by atoms with Crippen LogP contribution in [0.2, 0.25) is 0 Å². The molecule has 0 radical (unpaired) electrons. The molecule has 1 aliphatic carbocycles. The number of carboxylic acids is 1. The average Bonchev–Trinajstić information content (AvgIpc) is 3.11. The minimum Gasteiger partial charge on any atom is -0.481 e. The molecule has 3 aromatic rings. The Morgan fingerprint density at radius 3 is 2.22 bits per heavy atom. The van der Waals surface area contributed by atoms with E-state index >= 15 is 0 Å². The number of carbonyl (C=O) groups excluding carboxylic acids is 2. The van der Waals surface area contributed by atoms with Crippen molar-refractivity contribution in [3.8, 4) is 11.1 Å². The lowest BCUT2D eigenvalue weighted by Crippen LogP contribution is -2.45. The Balaban J connectivity index is 1.42. The minimum atomic E-state index is -1.32. The van der Waals surface area contributed by atoms with Crippen LogP contribution >= 0.6 is 0 Å². The molecule has 1 atom stereocenters. The lowest BCUT2D eigenvalue weighted by atomic mass is 9.98. The molecule has 9 nitrogen and oxygen atoms in total. The predicted molar refractivity (Wildman–Crippen MR) is 115 cm³/mol. The van der Waals surface area contributed by atoms with E-state index < -0.39 is 30.4 Å². The quantitative estimate of drug-likeness (QED) is 0.523. The molecule has 0 aliphatic heterocycles. The topological polar surface area (TPSA) is 131 Å². The van der Waals surface area contributed by atoms with Crippen LogP contribution in [0.5, 0.6) is 0 Å². The number of amides is 2. The molecule has 32 heavy (non-hydrogen) atoms. The van der Waals surface area contributed by atoms with Crippen molar-refractivity contribution in [3.05, 3.63) is 78.1 Å². The molecule has 1 heterocycles. The van der Waals surface area contributed by atoms with Gasteiger partial charge in [0.15, 0.2) is 0 Å². The van der Waals surface area contributed by atoms with Gasteiger partial charge in [-0.1, -0.05) is 48.5 Å². The van der Waals surface area contributed by atoms with Crippen molar-refractivity contribution in [2.24, 2.45) is 0 Å². The van der Waals surface area contributed by atoms with Gasteiger partial charge in [-0.2, -0.15) is 10.2 Å². The normalized spacial score (nSPS) is 12.9. The van der Waals surface area contributed by atoms with Gasteiger partial charge in [0.1, 0.15) is 12.6 Å². The molecule has 2 amide bonds. The molecule has 0 bridgehead atoms. The predicted octanol–water partition coefficient (Wildman–Crippen LogP) is 2.80. The van der Waals surface area contributed by atoms with Gasteiger partial charge in [0.25, 0.3) is 0 Å². The fourth-order valence-electron chi connectivity index (χ4n) is 3.76. The molecule has 4 rings (SSSR count). The summed E-state index contributed by atoms with van der Waals surface area (Å²) in [5.74, 6) is -2.09. The molecule has 0 saturated carbocycles. The van der Waals surface area contributed by atoms with Crippen LogP contribution in [0.4, 0.5) is 10.5 Å². The number of alkyl carbamates (subject to hydrolysis) is 1. The van der Waals surface area contributed by atoms with Crippen LogP contribution < -0.4 is 10.6 Å². The Bertz CT molecular complexity index is 1110. The van der Waals surface area contributed by atoms with Crippen molar-refractivity contribution >= 4 is 23.7 Å².